The van der Waals surface area contributed by atoms with Gasteiger partial charge in [-0.05, 0) is 56.0 Å². The largest absolute Gasteiger partial charge is 0.290 e. The molecule has 80 valence electrons. The van der Waals surface area contributed by atoms with Gasteiger partial charge in [-0.25, -0.2) is 0 Å². The molecule has 0 radical (unpaired) electrons. The van der Waals surface area contributed by atoms with E-state index in [9.17, 15) is 8.42 Å². The first-order valence-electron chi connectivity index (χ1n) is 4.45. The summed E-state index contributed by atoms with van der Waals surface area (Å²) in [7, 11) is -3.63. The maximum absolute atomic E-state index is 11.6. The number of nitrogens with zero attached hydrogens (tertiary/aromatic N) is 1. The van der Waals surface area contributed by atoms with Crippen LogP contribution >= 0.6 is 0 Å². The van der Waals surface area contributed by atoms with Crippen molar-refractivity contribution in [2.75, 3.05) is 0 Å². The molecule has 3 nitrogen and oxygen atoms in total. The highest BCUT2D eigenvalue weighted by molar-refractivity contribution is 7.90. The number of hydrogen-bond donors (Lipinski definition) is 0. The first-order chi connectivity index (χ1) is 6.88. The van der Waals surface area contributed by atoms with Gasteiger partial charge >= 0.3 is 0 Å². The van der Waals surface area contributed by atoms with E-state index in [1.54, 1.807) is 13.0 Å². The first-order valence-corrected chi connectivity index (χ1v) is 5.89. The summed E-state index contributed by atoms with van der Waals surface area (Å²) in [5.41, 5.74) is 2.68. The predicted octanol–water partition coefficient (Wildman–Crippen LogP) is 2.16. The predicted molar refractivity (Wildman–Crippen MR) is 60.9 cm³/mol. The van der Waals surface area contributed by atoms with E-state index >= 15 is 0 Å². The summed E-state index contributed by atoms with van der Waals surface area (Å²) in [4.78, 5) is 0.224. The van der Waals surface area contributed by atoms with Crippen LogP contribution in [0.5, 0.6) is 0 Å². The fourth-order valence-electron chi connectivity index (χ4n) is 1.35. The summed E-state index contributed by atoms with van der Waals surface area (Å²) in [6.07, 6.45) is 0. The summed E-state index contributed by atoms with van der Waals surface area (Å²) >= 11 is 0. The van der Waals surface area contributed by atoms with Crippen LogP contribution in [-0.4, -0.2) is 14.3 Å². The standard InChI is InChI=1S/C11H13NO2S/c1-5-12-15(13,14)11-7-9(3)8(2)6-10(11)4/h6-7H,1H2,2-4H3. The SMILES string of the molecule is C=C=NS(=O)(=O)c1cc(C)c(C)cc1C. The van der Waals surface area contributed by atoms with Crippen LogP contribution in [-0.2, 0) is 10.0 Å². The third-order valence-electron chi connectivity index (χ3n) is 2.25. The molecule has 1 aromatic rings. The van der Waals surface area contributed by atoms with Gasteiger partial charge in [0.1, 0.15) is 0 Å². The minimum atomic E-state index is -3.63. The summed E-state index contributed by atoms with van der Waals surface area (Å²) in [6, 6.07) is 3.46. The molecule has 0 N–H and O–H groups in total. The van der Waals surface area contributed by atoms with Crippen LogP contribution in [0.15, 0.2) is 28.0 Å². The monoisotopic (exact) mass is 223 g/mol. The molecule has 1 aromatic carbocycles. The molecule has 0 atom stereocenters. The van der Waals surface area contributed by atoms with E-state index in [-0.39, 0.29) is 4.90 Å². The quantitative estimate of drug-likeness (QED) is 0.721. The molecular formula is C11H13NO2S. The number of aryl methyl sites for hydroxylation is 3. The van der Waals surface area contributed by atoms with Gasteiger partial charge in [-0.3, -0.25) is 0 Å². The molecule has 0 amide bonds. The van der Waals surface area contributed by atoms with Crippen LogP contribution in [0.3, 0.4) is 0 Å². The van der Waals surface area contributed by atoms with Crippen molar-refractivity contribution in [1.82, 2.24) is 0 Å². The minimum absolute atomic E-state index is 0.224. The van der Waals surface area contributed by atoms with E-state index in [2.05, 4.69) is 16.8 Å². The average molecular weight is 223 g/mol. The first kappa shape index (κ1) is 11.7. The van der Waals surface area contributed by atoms with E-state index in [0.29, 0.717) is 5.56 Å². The van der Waals surface area contributed by atoms with Gasteiger partial charge < -0.3 is 0 Å². The fraction of sp³-hybridized carbons (Fsp3) is 0.273. The second-order valence-corrected chi connectivity index (χ2v) is 5.00. The van der Waals surface area contributed by atoms with Crippen LogP contribution < -0.4 is 0 Å². The van der Waals surface area contributed by atoms with Gasteiger partial charge in [0.15, 0.2) is 0 Å². The molecule has 0 unspecified atom stereocenters. The van der Waals surface area contributed by atoms with Crippen molar-refractivity contribution in [2.24, 2.45) is 4.40 Å². The third-order valence-corrected chi connectivity index (χ3v) is 3.62. The number of hydrogen-bond acceptors (Lipinski definition) is 2. The minimum Gasteiger partial charge on any atom is -0.199 e. The highest BCUT2D eigenvalue weighted by Gasteiger charge is 2.15. The maximum Gasteiger partial charge on any atom is 0.290 e. The molecule has 0 aliphatic heterocycles. The number of benzene rings is 1. The summed E-state index contributed by atoms with van der Waals surface area (Å²) < 4.78 is 26.6. The maximum atomic E-state index is 11.6. The zero-order chi connectivity index (χ0) is 11.6. The Balaban J connectivity index is 3.52. The van der Waals surface area contributed by atoms with Crippen molar-refractivity contribution in [3.8, 4) is 0 Å². The molecule has 1 rings (SSSR count). The van der Waals surface area contributed by atoms with Crippen molar-refractivity contribution in [2.45, 2.75) is 25.7 Å². The average Bonchev–Trinajstić information content (AvgIpc) is 2.11. The Morgan fingerprint density at radius 2 is 1.67 bits per heavy atom. The van der Waals surface area contributed by atoms with Gasteiger partial charge in [0.25, 0.3) is 10.0 Å². The smallest absolute Gasteiger partial charge is 0.199 e. The molecular weight excluding hydrogens is 210 g/mol. The van der Waals surface area contributed by atoms with Gasteiger partial charge in [0.05, 0.1) is 4.90 Å². The summed E-state index contributed by atoms with van der Waals surface area (Å²) in [5, 5.41) is 0. The van der Waals surface area contributed by atoms with Crippen molar-refractivity contribution in [3.63, 3.8) is 0 Å². The van der Waals surface area contributed by atoms with Crippen LogP contribution in [0.4, 0.5) is 0 Å². The summed E-state index contributed by atoms with van der Waals surface area (Å²) in [5.74, 6) is 2.05. The fourth-order valence-corrected chi connectivity index (χ4v) is 2.41. The van der Waals surface area contributed by atoms with Crippen molar-refractivity contribution < 1.29 is 8.42 Å². The normalized spacial score (nSPS) is 10.9. The lowest BCUT2D eigenvalue weighted by atomic mass is 10.1. The van der Waals surface area contributed by atoms with Crippen molar-refractivity contribution in [1.29, 1.82) is 0 Å². The third kappa shape index (κ3) is 2.35. The Morgan fingerprint density at radius 3 is 2.20 bits per heavy atom. The molecule has 0 saturated heterocycles. The van der Waals surface area contributed by atoms with E-state index in [4.69, 9.17) is 0 Å². The Kier molecular flexibility index (Phi) is 3.12. The number of rotatable bonds is 2. The van der Waals surface area contributed by atoms with E-state index in [1.807, 2.05) is 19.9 Å². The Labute approximate surface area is 90.2 Å². The number of sulfonamides is 1. The lowest BCUT2D eigenvalue weighted by Crippen LogP contribution is -2.00. The molecule has 0 saturated carbocycles. The molecule has 15 heavy (non-hydrogen) atoms. The van der Waals surface area contributed by atoms with Crippen molar-refractivity contribution in [3.05, 3.63) is 35.4 Å². The van der Waals surface area contributed by atoms with Crippen molar-refractivity contribution >= 4 is 15.9 Å². The topological polar surface area (TPSA) is 46.5 Å². The Morgan fingerprint density at radius 1 is 1.13 bits per heavy atom. The molecule has 0 aromatic heterocycles. The zero-order valence-electron chi connectivity index (χ0n) is 9.03. The molecule has 0 aliphatic carbocycles. The Bertz CT molecular complexity index is 538. The molecule has 0 heterocycles. The van der Waals surface area contributed by atoms with Crippen LogP contribution in [0.2, 0.25) is 0 Å². The van der Waals surface area contributed by atoms with Gasteiger partial charge in [0, 0.05) is 0 Å². The zero-order valence-corrected chi connectivity index (χ0v) is 9.85. The molecule has 0 bridgehead atoms. The van der Waals surface area contributed by atoms with E-state index in [0.717, 1.165) is 11.1 Å². The highest BCUT2D eigenvalue weighted by atomic mass is 32.2. The van der Waals surface area contributed by atoms with E-state index in [1.165, 1.54) is 0 Å². The second kappa shape index (κ2) is 4.01. The van der Waals surface area contributed by atoms with Crippen LogP contribution in [0.1, 0.15) is 16.7 Å². The van der Waals surface area contributed by atoms with Crippen LogP contribution in [0, 0.1) is 20.8 Å². The second-order valence-electron chi connectivity index (χ2n) is 3.43. The van der Waals surface area contributed by atoms with E-state index < -0.39 is 10.0 Å². The highest BCUT2D eigenvalue weighted by Crippen LogP contribution is 2.21. The lowest BCUT2D eigenvalue weighted by molar-refractivity contribution is 0.597. The molecule has 0 spiro atoms. The van der Waals surface area contributed by atoms with Gasteiger partial charge in [-0.2, -0.15) is 8.42 Å². The Hall–Kier alpha value is -1.38. The molecule has 0 aliphatic rings. The molecule has 4 heteroatoms. The van der Waals surface area contributed by atoms with Gasteiger partial charge in [-0.15, -0.1) is 4.40 Å². The van der Waals surface area contributed by atoms with Gasteiger partial charge in [-0.1, -0.05) is 6.07 Å². The van der Waals surface area contributed by atoms with Crippen LogP contribution in [0.25, 0.3) is 0 Å². The van der Waals surface area contributed by atoms with Gasteiger partial charge in [0.2, 0.25) is 0 Å². The molecule has 0 fully saturated rings. The summed E-state index contributed by atoms with van der Waals surface area (Å²) in [6.45, 7) is 8.72. The lowest BCUT2D eigenvalue weighted by Gasteiger charge is -2.06.